The van der Waals surface area contributed by atoms with E-state index in [0.29, 0.717) is 0 Å². The average Bonchev–Trinajstić information content (AvgIpc) is 3.03. The monoisotopic (exact) mass is 425 g/mol. The fourth-order valence-electron chi connectivity index (χ4n) is 4.60. The Balaban J connectivity index is 1.45. The molecule has 33 heavy (non-hydrogen) atoms. The molecule has 5 aromatic rings. The zero-order chi connectivity index (χ0) is 22.2. The molecule has 1 heterocycles. The fourth-order valence-corrected chi connectivity index (χ4v) is 4.60. The van der Waals surface area contributed by atoms with Crippen LogP contribution in [0, 0.1) is 0 Å². The van der Waals surface area contributed by atoms with Crippen LogP contribution in [0.15, 0.2) is 121 Å². The maximum atomic E-state index is 6.61. The summed E-state index contributed by atoms with van der Waals surface area (Å²) >= 11 is 0. The van der Waals surface area contributed by atoms with Crippen molar-refractivity contribution >= 4 is 11.4 Å². The molecule has 0 amide bonds. The van der Waals surface area contributed by atoms with Gasteiger partial charge in [0, 0.05) is 23.9 Å². The van der Waals surface area contributed by atoms with Gasteiger partial charge in [-0.25, -0.2) is 0 Å². The van der Waals surface area contributed by atoms with E-state index in [1.54, 1.807) is 0 Å². The van der Waals surface area contributed by atoms with Crippen molar-refractivity contribution in [2.24, 2.45) is 0 Å². The molecule has 0 spiro atoms. The maximum Gasteiger partial charge on any atom is 0.158 e. The summed E-state index contributed by atoms with van der Waals surface area (Å²) in [6.07, 6.45) is 0. The van der Waals surface area contributed by atoms with Crippen LogP contribution in [0.1, 0.15) is 0 Å². The van der Waals surface area contributed by atoms with Gasteiger partial charge in [0.15, 0.2) is 5.75 Å². The van der Waals surface area contributed by atoms with Crippen LogP contribution in [0.3, 0.4) is 0 Å². The highest BCUT2D eigenvalue weighted by atomic mass is 16.5. The summed E-state index contributed by atoms with van der Waals surface area (Å²) in [6, 6.07) is 42.3. The second kappa shape index (κ2) is 7.99. The largest absolute Gasteiger partial charge is 0.454 e. The van der Waals surface area contributed by atoms with E-state index in [-0.39, 0.29) is 0 Å². The van der Waals surface area contributed by atoms with Crippen LogP contribution in [-0.4, -0.2) is 7.05 Å². The van der Waals surface area contributed by atoms with Crippen molar-refractivity contribution in [3.8, 4) is 44.9 Å². The number of nitrogens with zero attached hydrogens (tertiary/aromatic N) is 1. The number of anilines is 2. The first-order valence-electron chi connectivity index (χ1n) is 11.2. The minimum atomic E-state index is 0.879. The lowest BCUT2D eigenvalue weighted by Gasteiger charge is -2.24. The van der Waals surface area contributed by atoms with Gasteiger partial charge in [0.2, 0.25) is 0 Å². The molecule has 0 radical (unpaired) electrons. The first kappa shape index (κ1) is 19.4. The number of rotatable bonds is 3. The summed E-state index contributed by atoms with van der Waals surface area (Å²) in [6.45, 7) is 0. The molecule has 0 saturated heterocycles. The van der Waals surface area contributed by atoms with E-state index in [4.69, 9.17) is 4.74 Å². The summed E-state index contributed by atoms with van der Waals surface area (Å²) in [5.41, 5.74) is 9.17. The molecule has 1 aliphatic heterocycles. The lowest BCUT2D eigenvalue weighted by atomic mass is 9.94. The second-order valence-electron chi connectivity index (χ2n) is 8.27. The number of hydrogen-bond acceptors (Lipinski definition) is 2. The van der Waals surface area contributed by atoms with E-state index in [9.17, 15) is 0 Å². The highest BCUT2D eigenvalue weighted by Gasteiger charge is 2.23. The minimum Gasteiger partial charge on any atom is -0.454 e. The summed E-state index contributed by atoms with van der Waals surface area (Å²) in [4.78, 5) is 2.20. The third-order valence-corrected chi connectivity index (χ3v) is 6.32. The lowest BCUT2D eigenvalue weighted by Crippen LogP contribution is -2.10. The van der Waals surface area contributed by atoms with Gasteiger partial charge in [-0.2, -0.15) is 0 Å². The third kappa shape index (κ3) is 3.37. The summed E-state index contributed by atoms with van der Waals surface area (Å²) in [5, 5.41) is 0. The Labute approximate surface area is 194 Å². The van der Waals surface area contributed by atoms with E-state index >= 15 is 0 Å². The van der Waals surface area contributed by atoms with Gasteiger partial charge in [-0.15, -0.1) is 0 Å². The lowest BCUT2D eigenvalue weighted by molar-refractivity contribution is 0.488. The highest BCUT2D eigenvalue weighted by Crippen LogP contribution is 2.50. The molecule has 2 nitrogen and oxygen atoms in total. The van der Waals surface area contributed by atoms with Gasteiger partial charge < -0.3 is 9.64 Å². The van der Waals surface area contributed by atoms with Crippen LogP contribution >= 0.6 is 0 Å². The molecule has 158 valence electrons. The van der Waals surface area contributed by atoms with E-state index in [0.717, 1.165) is 34.0 Å². The first-order valence-corrected chi connectivity index (χ1v) is 11.2. The number of para-hydroxylation sites is 2. The molecule has 0 fully saturated rings. The number of ether oxygens (including phenoxy) is 1. The normalized spacial score (nSPS) is 11.4. The molecular weight excluding hydrogens is 402 g/mol. The quantitative estimate of drug-likeness (QED) is 0.281. The Morgan fingerprint density at radius 3 is 1.82 bits per heavy atom. The molecule has 0 saturated carbocycles. The fraction of sp³-hybridized carbons (Fsp3) is 0.0323. The van der Waals surface area contributed by atoms with Crippen molar-refractivity contribution in [3.63, 3.8) is 0 Å². The number of fused-ring (bicyclic) bond motifs is 5. The number of hydrogen-bond donors (Lipinski definition) is 0. The van der Waals surface area contributed by atoms with E-state index < -0.39 is 0 Å². The predicted octanol–water partition coefficient (Wildman–Crippen LogP) is 8.56. The van der Waals surface area contributed by atoms with Gasteiger partial charge in [-0.1, -0.05) is 97.1 Å². The average molecular weight is 426 g/mol. The topological polar surface area (TPSA) is 12.5 Å². The van der Waals surface area contributed by atoms with Crippen LogP contribution < -0.4 is 9.64 Å². The molecule has 0 atom stereocenters. The zero-order valence-electron chi connectivity index (χ0n) is 18.4. The van der Waals surface area contributed by atoms with Crippen molar-refractivity contribution in [2.75, 3.05) is 11.9 Å². The molecule has 0 unspecified atom stereocenters. The molecule has 6 rings (SSSR count). The molecule has 0 aliphatic carbocycles. The molecular formula is C31H23NO. The minimum absolute atomic E-state index is 0.879. The standard InChI is InChI=1S/C31H23NO/c1-32(24-20-18-23(19-21-24)22-10-3-2-4-11-22)29-16-9-15-28-26-13-6-5-12-25(26)27-14-7-8-17-30(27)33-31(28)29/h2-21H,1H3. The number of benzene rings is 5. The van der Waals surface area contributed by atoms with Gasteiger partial charge in [0.25, 0.3) is 0 Å². The van der Waals surface area contributed by atoms with Gasteiger partial charge in [0.05, 0.1) is 5.69 Å². The van der Waals surface area contributed by atoms with Crippen LogP contribution in [0.25, 0.3) is 33.4 Å². The van der Waals surface area contributed by atoms with Crippen molar-refractivity contribution in [1.29, 1.82) is 0 Å². The predicted molar refractivity (Wildman–Crippen MR) is 137 cm³/mol. The molecule has 0 bridgehead atoms. The Hall–Kier alpha value is -4.30. The van der Waals surface area contributed by atoms with Crippen molar-refractivity contribution in [3.05, 3.63) is 121 Å². The van der Waals surface area contributed by atoms with E-state index in [1.807, 2.05) is 18.2 Å². The van der Waals surface area contributed by atoms with Gasteiger partial charge in [0.1, 0.15) is 5.75 Å². The summed E-state index contributed by atoms with van der Waals surface area (Å²) in [5.74, 6) is 1.76. The van der Waals surface area contributed by atoms with E-state index in [1.165, 1.54) is 22.3 Å². The van der Waals surface area contributed by atoms with Crippen LogP contribution in [0.2, 0.25) is 0 Å². The third-order valence-electron chi connectivity index (χ3n) is 6.32. The van der Waals surface area contributed by atoms with Crippen molar-refractivity contribution < 1.29 is 4.74 Å². The van der Waals surface area contributed by atoms with Gasteiger partial charge in [-0.05, 0) is 46.5 Å². The maximum absolute atomic E-state index is 6.61. The molecule has 2 heteroatoms. The van der Waals surface area contributed by atoms with E-state index in [2.05, 4.69) is 115 Å². The van der Waals surface area contributed by atoms with Crippen molar-refractivity contribution in [1.82, 2.24) is 0 Å². The van der Waals surface area contributed by atoms with Gasteiger partial charge >= 0.3 is 0 Å². The summed E-state index contributed by atoms with van der Waals surface area (Å²) in [7, 11) is 2.10. The molecule has 5 aromatic carbocycles. The molecule has 0 aromatic heterocycles. The van der Waals surface area contributed by atoms with Crippen LogP contribution in [0.5, 0.6) is 11.5 Å². The summed E-state index contributed by atoms with van der Waals surface area (Å²) < 4.78 is 6.61. The molecule has 0 N–H and O–H groups in total. The second-order valence-corrected chi connectivity index (χ2v) is 8.27. The van der Waals surface area contributed by atoms with Gasteiger partial charge in [-0.3, -0.25) is 0 Å². The zero-order valence-corrected chi connectivity index (χ0v) is 18.4. The van der Waals surface area contributed by atoms with Crippen LogP contribution in [-0.2, 0) is 0 Å². The SMILES string of the molecule is CN(c1ccc(-c2ccccc2)cc1)c1cccc2c1Oc1ccccc1-c1ccccc1-2. The smallest absolute Gasteiger partial charge is 0.158 e. The van der Waals surface area contributed by atoms with Crippen molar-refractivity contribution in [2.45, 2.75) is 0 Å². The highest BCUT2D eigenvalue weighted by molar-refractivity contribution is 5.93. The Kier molecular flexibility index (Phi) is 4.70. The Morgan fingerprint density at radius 2 is 1.06 bits per heavy atom. The first-order chi connectivity index (χ1) is 16.3. The Bertz CT molecular complexity index is 1440. The van der Waals surface area contributed by atoms with Crippen LogP contribution in [0.4, 0.5) is 11.4 Å². The molecule has 1 aliphatic rings. The Morgan fingerprint density at radius 1 is 0.485 bits per heavy atom.